The van der Waals surface area contributed by atoms with E-state index in [0.717, 1.165) is 23.3 Å². The van der Waals surface area contributed by atoms with Gasteiger partial charge in [0, 0.05) is 55.9 Å². The number of ether oxygens (including phenoxy) is 4. The summed E-state index contributed by atoms with van der Waals surface area (Å²) < 4.78 is 22.2. The Bertz CT molecular complexity index is 1810. The van der Waals surface area contributed by atoms with Gasteiger partial charge in [-0.2, -0.15) is 9.83 Å². The second kappa shape index (κ2) is 32.7. The molecule has 2 aromatic heterocycles. The van der Waals surface area contributed by atoms with Gasteiger partial charge in [-0.15, -0.1) is 0 Å². The molecule has 13 N–H and O–H groups in total. The molecule has 3 unspecified atom stereocenters. The Hall–Kier alpha value is -4.96. The quantitative estimate of drug-likeness (QED) is 0.00965. The number of quaternary nitrogens is 1. The number of nitrogens with zero attached hydrogens (tertiary/aromatic N) is 5. The third kappa shape index (κ3) is 22.8. The minimum Gasteiger partial charge on any atom is -0.480 e. The average molecular weight is 892 g/mol. The van der Waals surface area contributed by atoms with E-state index in [4.69, 9.17) is 35.5 Å². The molecular formula is C40H65N11O10S+2. The summed E-state index contributed by atoms with van der Waals surface area (Å²) in [5.74, 6) is 7.18. The smallest absolute Gasteiger partial charge is 0.320 e. The number of carbonyl (C=O) groups excluding carboxylic acids is 2. The SMILES string of the molecule is COC(C[S+](CC#CCCCCC(=O)N/N=C\c1ccc(C(=O)NCCOCCOCCOCCN)cc1)CCC(N)C(=O)O)[C@@H](C)O.[NH3+]CCNc1ncnc2c1ncn2O. The van der Waals surface area contributed by atoms with Crippen LogP contribution in [0, 0.1) is 11.8 Å². The summed E-state index contributed by atoms with van der Waals surface area (Å²) in [6.45, 7) is 6.71. The molecule has 21 nitrogen and oxygen atoms in total. The average Bonchev–Trinajstić information content (AvgIpc) is 3.65. The number of nitrogens with two attached hydrogens (primary N) is 2. The number of hydrazone groups is 1. The minimum atomic E-state index is -1.03. The molecule has 3 rings (SSSR count). The molecule has 1 aromatic carbocycles. The van der Waals surface area contributed by atoms with Crippen LogP contribution in [0.1, 0.15) is 54.9 Å². The van der Waals surface area contributed by atoms with Crippen molar-refractivity contribution >= 4 is 51.9 Å². The number of anilines is 1. The number of aliphatic carboxylic acids is 1. The number of rotatable bonds is 30. The van der Waals surface area contributed by atoms with E-state index in [-0.39, 0.29) is 28.8 Å². The number of carbonyl (C=O) groups is 3. The molecule has 2 heterocycles. The maximum atomic E-state index is 12.3. The Labute approximate surface area is 365 Å². The van der Waals surface area contributed by atoms with Crippen molar-refractivity contribution in [2.75, 3.05) is 95.5 Å². The van der Waals surface area contributed by atoms with Crippen LogP contribution in [0.4, 0.5) is 5.82 Å². The molecule has 22 heteroatoms. The van der Waals surface area contributed by atoms with Crippen LogP contribution < -0.4 is 33.3 Å². The molecule has 3 aromatic rings. The molecule has 0 fully saturated rings. The third-order valence-corrected chi connectivity index (χ3v) is 10.7. The Morgan fingerprint density at radius 1 is 1.02 bits per heavy atom. The zero-order valence-electron chi connectivity index (χ0n) is 35.7. The Morgan fingerprint density at radius 2 is 1.73 bits per heavy atom. The molecule has 62 heavy (non-hydrogen) atoms. The van der Waals surface area contributed by atoms with Crippen molar-refractivity contribution in [2.24, 2.45) is 16.6 Å². The fourth-order valence-corrected chi connectivity index (χ4v) is 7.29. The second-order valence-corrected chi connectivity index (χ2v) is 15.8. The number of benzene rings is 1. The summed E-state index contributed by atoms with van der Waals surface area (Å²) >= 11 is 0. The molecule has 0 aliphatic rings. The van der Waals surface area contributed by atoms with Crippen molar-refractivity contribution in [2.45, 2.75) is 57.3 Å². The predicted octanol–water partition coefficient (Wildman–Crippen LogP) is -1.03. The topological polar surface area (TPSA) is 321 Å². The Morgan fingerprint density at radius 3 is 2.39 bits per heavy atom. The molecule has 4 atom stereocenters. The Kier molecular flexibility index (Phi) is 28.1. The number of amides is 2. The molecular weight excluding hydrogens is 827 g/mol. The van der Waals surface area contributed by atoms with Gasteiger partial charge in [-0.05, 0) is 43.4 Å². The van der Waals surface area contributed by atoms with E-state index in [2.05, 4.69) is 53.7 Å². The van der Waals surface area contributed by atoms with Crippen LogP contribution in [-0.4, -0.2) is 168 Å². The van der Waals surface area contributed by atoms with Crippen molar-refractivity contribution in [3.05, 3.63) is 48.0 Å². The highest BCUT2D eigenvalue weighted by Crippen LogP contribution is 2.15. The number of nitrogens with one attached hydrogen (secondary N) is 3. The van der Waals surface area contributed by atoms with Gasteiger partial charge in [0.2, 0.25) is 11.6 Å². The molecule has 0 saturated heterocycles. The number of aromatic nitrogens is 4. The van der Waals surface area contributed by atoms with Gasteiger partial charge in [0.25, 0.3) is 5.91 Å². The normalized spacial score (nSPS) is 13.0. The van der Waals surface area contributed by atoms with Crippen molar-refractivity contribution in [3.8, 4) is 11.8 Å². The number of methoxy groups -OCH3 is 1. The van der Waals surface area contributed by atoms with Crippen molar-refractivity contribution in [1.82, 2.24) is 30.4 Å². The third-order valence-electron chi connectivity index (χ3n) is 8.53. The van der Waals surface area contributed by atoms with Gasteiger partial charge < -0.3 is 62.2 Å². The summed E-state index contributed by atoms with van der Waals surface area (Å²) in [5.41, 5.74) is 19.4. The van der Waals surface area contributed by atoms with Crippen LogP contribution in [0.15, 0.2) is 42.0 Å². The van der Waals surface area contributed by atoms with Gasteiger partial charge >= 0.3 is 5.97 Å². The lowest BCUT2D eigenvalue weighted by Gasteiger charge is -2.18. The summed E-state index contributed by atoms with van der Waals surface area (Å²) in [5, 5.41) is 38.1. The molecule has 0 aliphatic heterocycles. The zero-order valence-corrected chi connectivity index (χ0v) is 36.5. The van der Waals surface area contributed by atoms with Gasteiger partial charge in [-0.1, -0.05) is 18.1 Å². The largest absolute Gasteiger partial charge is 0.480 e. The molecule has 0 aliphatic carbocycles. The highest BCUT2D eigenvalue weighted by molar-refractivity contribution is 7.97. The molecule has 344 valence electrons. The standard InChI is InChI=1S/C33H53N5O9S.C7H10N6O/c1-26(39)30(44-2)25-48(23-13-29(35)33(42)43)22-7-5-3-4-6-8-31(40)38-37-24-27-9-11-28(12-10-27)32(41)36-15-17-46-19-21-47-20-18-45-16-14-34;8-1-2-9-6-5-7(11-3-10-6)13(14)4-12-5/h9-12,24,26,29-30,39H,3-4,6,8,13-23,25,34-35H2,1-2H3,(H2-,36,38,40,41,42,43);3-4,14H,1-2,8H2,(H,9,10,11)/p+2/t26-,29?,30?,48?;/m1./s1. The van der Waals surface area contributed by atoms with Gasteiger partial charge in [0.15, 0.2) is 17.1 Å². The van der Waals surface area contributed by atoms with E-state index in [1.807, 2.05) is 0 Å². The summed E-state index contributed by atoms with van der Waals surface area (Å²) in [7, 11) is 1.27. The van der Waals surface area contributed by atoms with Crippen molar-refractivity contribution in [1.29, 1.82) is 0 Å². The van der Waals surface area contributed by atoms with E-state index in [1.165, 1.54) is 18.9 Å². The number of aliphatic hydroxyl groups is 1. The monoisotopic (exact) mass is 891 g/mol. The van der Waals surface area contributed by atoms with Crippen molar-refractivity contribution < 1.29 is 54.5 Å². The Balaban J connectivity index is 0.000000786. The summed E-state index contributed by atoms with van der Waals surface area (Å²) in [6.07, 6.45) is 5.83. The van der Waals surface area contributed by atoms with Crippen LogP contribution >= 0.6 is 0 Å². The van der Waals surface area contributed by atoms with Crippen LogP contribution in [0.25, 0.3) is 11.2 Å². The van der Waals surface area contributed by atoms with E-state index < -0.39 is 18.1 Å². The van der Waals surface area contributed by atoms with Crippen molar-refractivity contribution in [3.63, 3.8) is 0 Å². The first kappa shape index (κ1) is 53.2. The van der Waals surface area contributed by atoms with E-state index in [1.54, 1.807) is 38.3 Å². The molecule has 0 spiro atoms. The fourth-order valence-electron chi connectivity index (χ4n) is 5.09. The number of carboxylic acid groups (broad SMARTS) is 1. The lowest BCUT2D eigenvalue weighted by molar-refractivity contribution is -0.362. The van der Waals surface area contributed by atoms with Crippen LogP contribution in [0.2, 0.25) is 0 Å². The van der Waals surface area contributed by atoms with Crippen LogP contribution in [0.3, 0.4) is 0 Å². The van der Waals surface area contributed by atoms with E-state index in [9.17, 15) is 24.7 Å². The van der Waals surface area contributed by atoms with Gasteiger partial charge in [0.1, 0.15) is 36.3 Å². The number of fused-ring (bicyclic) bond motifs is 1. The summed E-state index contributed by atoms with van der Waals surface area (Å²) in [6, 6.07) is 5.90. The molecule has 0 bridgehead atoms. The van der Waals surface area contributed by atoms with Gasteiger partial charge in [-0.25, -0.2) is 20.4 Å². The number of aliphatic hydroxyl groups excluding tert-OH is 1. The maximum absolute atomic E-state index is 12.3. The van der Waals surface area contributed by atoms with Crippen LogP contribution in [-0.2, 0) is 39.4 Å². The number of hydrogen-bond acceptors (Lipinski definition) is 16. The predicted molar refractivity (Wildman–Crippen MR) is 236 cm³/mol. The number of hydrogen-bond donors (Lipinski definition) is 9. The lowest BCUT2D eigenvalue weighted by atomic mass is 10.1. The number of unbranched alkanes of at least 4 members (excludes halogenated alkanes) is 2. The first-order valence-electron chi connectivity index (χ1n) is 20.3. The first-order valence-corrected chi connectivity index (χ1v) is 22.1. The fraction of sp³-hybridized carbons (Fsp3) is 0.575. The maximum Gasteiger partial charge on any atom is 0.320 e. The minimum absolute atomic E-state index is 0.208. The number of carboxylic acids is 1. The molecule has 2 amide bonds. The first-order chi connectivity index (χ1) is 30.0. The van der Waals surface area contributed by atoms with Gasteiger partial charge in [0.05, 0.1) is 65.0 Å². The van der Waals surface area contributed by atoms with Crippen LogP contribution in [0.5, 0.6) is 0 Å². The number of imidazole rings is 1. The lowest BCUT2D eigenvalue weighted by Crippen LogP contribution is -2.53. The molecule has 0 radical (unpaired) electrons. The van der Waals surface area contributed by atoms with Gasteiger partial charge in [-0.3, -0.25) is 14.4 Å². The highest BCUT2D eigenvalue weighted by Gasteiger charge is 2.28. The zero-order chi connectivity index (χ0) is 45.4. The second-order valence-electron chi connectivity index (χ2n) is 13.5. The highest BCUT2D eigenvalue weighted by atomic mass is 32.2. The summed E-state index contributed by atoms with van der Waals surface area (Å²) in [4.78, 5) is 47.4. The van der Waals surface area contributed by atoms with E-state index in [0.29, 0.717) is 125 Å². The van der Waals surface area contributed by atoms with E-state index >= 15 is 0 Å². The molecule has 0 saturated carbocycles.